The molecule has 3 aromatic carbocycles. The third-order valence-electron chi connectivity index (χ3n) is 6.14. The molecule has 0 aliphatic heterocycles. The minimum atomic E-state index is -1.39. The number of rotatable bonds is 11. The van der Waals surface area contributed by atoms with Crippen LogP contribution >= 0.6 is 0 Å². The number of benzene rings is 3. The average Bonchev–Trinajstić information content (AvgIpc) is 2.93. The molecule has 3 amide bonds. The zero-order chi connectivity index (χ0) is 30.9. The summed E-state index contributed by atoms with van der Waals surface area (Å²) < 4.78 is 10.6. The summed E-state index contributed by atoms with van der Waals surface area (Å²) in [5, 5.41) is 35.8. The highest BCUT2D eigenvalue weighted by Crippen LogP contribution is 2.31. The summed E-state index contributed by atoms with van der Waals surface area (Å²) in [6.45, 7) is 4.23. The maximum Gasteiger partial charge on any atom is 0.408 e. The Morgan fingerprint density at radius 2 is 1.57 bits per heavy atom. The van der Waals surface area contributed by atoms with Crippen molar-refractivity contribution in [1.82, 2.24) is 10.2 Å². The third-order valence-corrected chi connectivity index (χ3v) is 6.14. The maximum absolute atomic E-state index is 14.2. The fraction of sp³-hybridized carbons (Fsp3) is 0.323. The van der Waals surface area contributed by atoms with Crippen molar-refractivity contribution >= 4 is 23.6 Å². The summed E-state index contributed by atoms with van der Waals surface area (Å²) in [5.74, 6) is -1.00. The van der Waals surface area contributed by atoms with Crippen LogP contribution in [0, 0.1) is 0 Å². The van der Waals surface area contributed by atoms with Gasteiger partial charge < -0.3 is 40.3 Å². The van der Waals surface area contributed by atoms with E-state index in [1.54, 1.807) is 69.3 Å². The van der Waals surface area contributed by atoms with Gasteiger partial charge in [0.25, 0.3) is 5.91 Å². The smallest absolute Gasteiger partial charge is 0.408 e. The maximum atomic E-state index is 14.2. The Morgan fingerprint density at radius 1 is 0.929 bits per heavy atom. The van der Waals surface area contributed by atoms with Gasteiger partial charge in [0.15, 0.2) is 0 Å². The number of ether oxygens (including phenoxy) is 2. The van der Waals surface area contributed by atoms with E-state index in [1.165, 1.54) is 31.4 Å². The van der Waals surface area contributed by atoms with Gasteiger partial charge in [0, 0.05) is 24.2 Å². The number of para-hydroxylation sites is 1. The van der Waals surface area contributed by atoms with Crippen LogP contribution in [0.2, 0.25) is 0 Å². The molecular weight excluding hydrogens is 542 g/mol. The number of hydrogen-bond donors (Lipinski definition) is 5. The van der Waals surface area contributed by atoms with E-state index < -0.39 is 42.2 Å². The zero-order valence-corrected chi connectivity index (χ0v) is 24.0. The predicted molar refractivity (Wildman–Crippen MR) is 156 cm³/mol. The molecule has 2 atom stereocenters. The first-order chi connectivity index (χ1) is 19.9. The van der Waals surface area contributed by atoms with Crippen LogP contribution in [0.25, 0.3) is 0 Å². The Labute approximate surface area is 244 Å². The number of methoxy groups -OCH3 is 1. The molecule has 0 saturated heterocycles. The van der Waals surface area contributed by atoms with Crippen LogP contribution in [0.15, 0.2) is 72.8 Å². The molecule has 0 spiro atoms. The topological polar surface area (TPSA) is 158 Å². The molecule has 0 heterocycles. The van der Waals surface area contributed by atoms with Gasteiger partial charge in [0.2, 0.25) is 5.91 Å². The molecule has 5 N–H and O–H groups in total. The lowest BCUT2D eigenvalue weighted by atomic mass is 9.99. The summed E-state index contributed by atoms with van der Waals surface area (Å²) in [4.78, 5) is 41.9. The number of amides is 3. The number of phenols is 2. The first-order valence-electron chi connectivity index (χ1n) is 13.3. The van der Waals surface area contributed by atoms with Crippen molar-refractivity contribution in [1.29, 1.82) is 0 Å². The van der Waals surface area contributed by atoms with Crippen LogP contribution in [0.1, 0.15) is 37.9 Å². The SMILES string of the molecule is COc1ccc(NC(=O)C(c2ccccc2O)N(CCO)C(=O)C(Cc2ccc(O)cc2)NC(=O)OC(C)(C)C)cc1. The Balaban J connectivity index is 2.03. The summed E-state index contributed by atoms with van der Waals surface area (Å²) in [6, 6.07) is 16.1. The number of anilines is 1. The standard InChI is InChI=1S/C31H37N3O8/c1-31(2,3)42-30(40)33-25(19-20-9-13-22(36)14-10-20)29(39)34(17-18-35)27(24-7-5-6-8-26(24)37)28(38)32-21-11-15-23(41-4)16-12-21/h5-16,25,27,35-37H,17-19H2,1-4H3,(H,32,38)(H,33,40). The van der Waals surface area contributed by atoms with Gasteiger partial charge in [-0.3, -0.25) is 9.59 Å². The molecule has 3 rings (SSSR count). The molecule has 11 heteroatoms. The number of phenolic OH excluding ortho intramolecular Hbond substituents is 2. The molecule has 0 aliphatic carbocycles. The third kappa shape index (κ3) is 8.87. The quantitative estimate of drug-likeness (QED) is 0.230. The van der Waals surface area contributed by atoms with Crippen molar-refractivity contribution in [2.24, 2.45) is 0 Å². The summed E-state index contributed by atoms with van der Waals surface area (Å²) in [7, 11) is 1.51. The minimum Gasteiger partial charge on any atom is -0.508 e. The predicted octanol–water partition coefficient (Wildman–Crippen LogP) is 3.74. The van der Waals surface area contributed by atoms with Crippen LogP contribution in [-0.4, -0.2) is 70.0 Å². The number of alkyl carbamates (subject to hydrolysis) is 1. The summed E-state index contributed by atoms with van der Waals surface area (Å²) in [5.41, 5.74) is 0.279. The van der Waals surface area contributed by atoms with Crippen LogP contribution in [0.4, 0.5) is 10.5 Å². The van der Waals surface area contributed by atoms with Crippen LogP contribution in [-0.2, 0) is 20.7 Å². The Morgan fingerprint density at radius 3 is 2.14 bits per heavy atom. The first-order valence-corrected chi connectivity index (χ1v) is 13.3. The highest BCUT2D eigenvalue weighted by molar-refractivity contribution is 5.99. The molecule has 0 radical (unpaired) electrons. The van der Waals surface area contributed by atoms with E-state index in [0.29, 0.717) is 17.0 Å². The normalized spacial score (nSPS) is 12.5. The van der Waals surface area contributed by atoms with Gasteiger partial charge in [-0.1, -0.05) is 30.3 Å². The summed E-state index contributed by atoms with van der Waals surface area (Å²) >= 11 is 0. The molecule has 42 heavy (non-hydrogen) atoms. The molecule has 2 unspecified atom stereocenters. The second-order valence-corrected chi connectivity index (χ2v) is 10.5. The van der Waals surface area contributed by atoms with Crippen LogP contribution in [0.3, 0.4) is 0 Å². The highest BCUT2D eigenvalue weighted by Gasteiger charge is 2.37. The molecule has 11 nitrogen and oxygen atoms in total. The number of carbonyl (C=O) groups excluding carboxylic acids is 3. The lowest BCUT2D eigenvalue weighted by molar-refractivity contribution is -0.141. The van der Waals surface area contributed by atoms with Crippen molar-refractivity contribution in [2.75, 3.05) is 25.6 Å². The summed E-state index contributed by atoms with van der Waals surface area (Å²) in [6.07, 6.45) is -0.876. The van der Waals surface area contributed by atoms with Gasteiger partial charge in [-0.05, 0) is 68.8 Å². The van der Waals surface area contributed by atoms with Crippen molar-refractivity contribution in [3.05, 3.63) is 83.9 Å². The minimum absolute atomic E-state index is 0.0200. The fourth-order valence-corrected chi connectivity index (χ4v) is 4.25. The first kappa shape index (κ1) is 31.8. The van der Waals surface area contributed by atoms with Gasteiger partial charge in [-0.25, -0.2) is 4.79 Å². The van der Waals surface area contributed by atoms with Gasteiger partial charge in [-0.15, -0.1) is 0 Å². The lowest BCUT2D eigenvalue weighted by Gasteiger charge is -2.34. The van der Waals surface area contributed by atoms with E-state index in [0.717, 1.165) is 4.90 Å². The number of nitrogens with one attached hydrogen (secondary N) is 2. The van der Waals surface area contributed by atoms with Gasteiger partial charge in [0.05, 0.1) is 13.7 Å². The number of aliphatic hydroxyl groups is 1. The number of aliphatic hydroxyl groups excluding tert-OH is 1. The van der Waals surface area contributed by atoms with E-state index >= 15 is 0 Å². The molecule has 0 aromatic heterocycles. The number of aromatic hydroxyl groups is 2. The Hall–Kier alpha value is -4.77. The molecule has 224 valence electrons. The van der Waals surface area contributed by atoms with Gasteiger partial charge >= 0.3 is 6.09 Å². The monoisotopic (exact) mass is 579 g/mol. The largest absolute Gasteiger partial charge is 0.508 e. The lowest BCUT2D eigenvalue weighted by Crippen LogP contribution is -2.53. The average molecular weight is 580 g/mol. The molecule has 0 fully saturated rings. The van der Waals surface area contributed by atoms with Crippen LogP contribution in [0.5, 0.6) is 17.2 Å². The van der Waals surface area contributed by atoms with E-state index in [-0.39, 0.29) is 30.0 Å². The van der Waals surface area contributed by atoms with E-state index in [1.807, 2.05) is 0 Å². The van der Waals surface area contributed by atoms with E-state index in [4.69, 9.17) is 9.47 Å². The highest BCUT2D eigenvalue weighted by atomic mass is 16.6. The molecular formula is C31H37N3O8. The van der Waals surface area contributed by atoms with E-state index in [9.17, 15) is 29.7 Å². The number of carbonyl (C=O) groups is 3. The second-order valence-electron chi connectivity index (χ2n) is 10.5. The molecule has 0 saturated carbocycles. The number of hydrogen-bond acceptors (Lipinski definition) is 8. The number of nitrogens with zero attached hydrogens (tertiary/aromatic N) is 1. The fourth-order valence-electron chi connectivity index (χ4n) is 4.25. The van der Waals surface area contributed by atoms with Crippen molar-refractivity contribution < 1.29 is 39.2 Å². The van der Waals surface area contributed by atoms with Crippen molar-refractivity contribution in [2.45, 2.75) is 44.9 Å². The molecule has 0 bridgehead atoms. The second kappa shape index (κ2) is 14.2. The Kier molecular flexibility index (Phi) is 10.8. The molecule has 0 aliphatic rings. The zero-order valence-electron chi connectivity index (χ0n) is 24.0. The van der Waals surface area contributed by atoms with Crippen molar-refractivity contribution in [3.8, 4) is 17.2 Å². The van der Waals surface area contributed by atoms with Crippen LogP contribution < -0.4 is 15.4 Å². The van der Waals surface area contributed by atoms with Gasteiger partial charge in [0.1, 0.15) is 34.9 Å². The molecule has 3 aromatic rings. The van der Waals surface area contributed by atoms with Crippen molar-refractivity contribution in [3.63, 3.8) is 0 Å². The van der Waals surface area contributed by atoms with E-state index in [2.05, 4.69) is 10.6 Å². The Bertz CT molecular complexity index is 1350. The van der Waals surface area contributed by atoms with Gasteiger partial charge in [-0.2, -0.15) is 0 Å².